The van der Waals surface area contributed by atoms with Crippen molar-refractivity contribution in [3.63, 3.8) is 0 Å². The Morgan fingerprint density at radius 1 is 1.64 bits per heavy atom. The highest BCUT2D eigenvalue weighted by molar-refractivity contribution is 5.86. The maximum Gasteiger partial charge on any atom is 0.325 e. The number of amides is 1. The number of ether oxygens (including phenoxy) is 1. The summed E-state index contributed by atoms with van der Waals surface area (Å²) in [5, 5.41) is 11.0. The first-order chi connectivity index (χ1) is 6.56. The Kier molecular flexibility index (Phi) is 3.46. The second-order valence-corrected chi connectivity index (χ2v) is 3.40. The molecule has 1 saturated carbocycles. The first-order valence-corrected chi connectivity index (χ1v) is 4.71. The Labute approximate surface area is 82.4 Å². The summed E-state index contributed by atoms with van der Waals surface area (Å²) in [5.74, 6) is -1.40. The lowest BCUT2D eigenvalue weighted by molar-refractivity contribution is -0.141. The van der Waals surface area contributed by atoms with E-state index in [-0.39, 0.29) is 17.9 Å². The molecule has 3 atom stereocenters. The summed E-state index contributed by atoms with van der Waals surface area (Å²) >= 11 is 0. The third kappa shape index (κ3) is 2.70. The standard InChI is InChI=1S/C9H15NO4/c1-3-14-7-4-6(7)8(11)10-5(2)9(12)13/h5-7H,3-4H2,1-2H3,(H,10,11)(H,12,13)/t5-,6?,7?/m1/s1. The van der Waals surface area contributed by atoms with Gasteiger partial charge in [0.05, 0.1) is 12.0 Å². The molecule has 2 unspecified atom stereocenters. The van der Waals surface area contributed by atoms with E-state index in [1.807, 2.05) is 6.92 Å². The van der Waals surface area contributed by atoms with Crippen molar-refractivity contribution in [2.75, 3.05) is 6.61 Å². The molecule has 1 rings (SSSR count). The van der Waals surface area contributed by atoms with E-state index in [0.29, 0.717) is 13.0 Å². The lowest BCUT2D eigenvalue weighted by Crippen LogP contribution is -2.39. The highest BCUT2D eigenvalue weighted by Crippen LogP contribution is 2.33. The van der Waals surface area contributed by atoms with Crippen molar-refractivity contribution in [3.05, 3.63) is 0 Å². The van der Waals surface area contributed by atoms with Gasteiger partial charge in [-0.3, -0.25) is 9.59 Å². The fourth-order valence-corrected chi connectivity index (χ4v) is 1.23. The van der Waals surface area contributed by atoms with Crippen molar-refractivity contribution in [1.82, 2.24) is 5.32 Å². The van der Waals surface area contributed by atoms with Gasteiger partial charge in [0.1, 0.15) is 6.04 Å². The minimum absolute atomic E-state index is 0.0130. The van der Waals surface area contributed by atoms with Crippen LogP contribution in [0, 0.1) is 5.92 Å². The Bertz CT molecular complexity index is 241. The molecule has 0 bridgehead atoms. The Balaban J connectivity index is 2.27. The molecule has 0 aromatic heterocycles. The van der Waals surface area contributed by atoms with Crippen LogP contribution < -0.4 is 5.32 Å². The number of hydrogen-bond donors (Lipinski definition) is 2. The van der Waals surface area contributed by atoms with Gasteiger partial charge < -0.3 is 15.2 Å². The average molecular weight is 201 g/mol. The van der Waals surface area contributed by atoms with Gasteiger partial charge >= 0.3 is 5.97 Å². The fourth-order valence-electron chi connectivity index (χ4n) is 1.23. The lowest BCUT2D eigenvalue weighted by atomic mass is 10.3. The third-order valence-corrected chi connectivity index (χ3v) is 2.18. The van der Waals surface area contributed by atoms with Gasteiger partial charge in [0.25, 0.3) is 0 Å². The molecule has 1 aliphatic rings. The van der Waals surface area contributed by atoms with Gasteiger partial charge in [-0.2, -0.15) is 0 Å². The SMILES string of the molecule is CCOC1CC1C(=O)N[C@H](C)C(=O)O. The summed E-state index contributed by atoms with van der Waals surface area (Å²) in [7, 11) is 0. The molecule has 0 radical (unpaired) electrons. The van der Waals surface area contributed by atoms with E-state index in [0.717, 1.165) is 0 Å². The first-order valence-electron chi connectivity index (χ1n) is 4.71. The molecule has 1 fully saturated rings. The summed E-state index contributed by atoms with van der Waals surface area (Å²) in [4.78, 5) is 21.8. The van der Waals surface area contributed by atoms with Crippen LogP contribution in [0.3, 0.4) is 0 Å². The summed E-state index contributed by atoms with van der Waals surface area (Å²) in [6.07, 6.45) is 0.687. The molecule has 0 spiro atoms. The molecule has 1 amide bonds. The first kappa shape index (κ1) is 11.0. The second kappa shape index (κ2) is 4.41. The summed E-state index contributed by atoms with van der Waals surface area (Å²) in [5.41, 5.74) is 0. The smallest absolute Gasteiger partial charge is 0.325 e. The van der Waals surface area contributed by atoms with E-state index in [9.17, 15) is 9.59 Å². The van der Waals surface area contributed by atoms with Gasteiger partial charge in [-0.05, 0) is 20.3 Å². The van der Waals surface area contributed by atoms with Gasteiger partial charge in [0.2, 0.25) is 5.91 Å². The largest absolute Gasteiger partial charge is 0.480 e. The van der Waals surface area contributed by atoms with E-state index in [1.165, 1.54) is 6.92 Å². The topological polar surface area (TPSA) is 75.6 Å². The molecule has 0 aromatic carbocycles. The van der Waals surface area contributed by atoms with E-state index in [1.54, 1.807) is 0 Å². The minimum Gasteiger partial charge on any atom is -0.480 e. The van der Waals surface area contributed by atoms with E-state index in [2.05, 4.69) is 5.32 Å². The highest BCUT2D eigenvalue weighted by Gasteiger charge is 2.44. The van der Waals surface area contributed by atoms with E-state index < -0.39 is 12.0 Å². The summed E-state index contributed by atoms with van der Waals surface area (Å²) < 4.78 is 5.22. The molecule has 1 aliphatic carbocycles. The third-order valence-electron chi connectivity index (χ3n) is 2.18. The van der Waals surface area contributed by atoms with E-state index in [4.69, 9.17) is 9.84 Å². The van der Waals surface area contributed by atoms with Crippen molar-refractivity contribution in [1.29, 1.82) is 0 Å². The quantitative estimate of drug-likeness (QED) is 0.656. The highest BCUT2D eigenvalue weighted by atomic mass is 16.5. The van der Waals surface area contributed by atoms with Crippen molar-refractivity contribution >= 4 is 11.9 Å². The molecule has 0 aromatic rings. The van der Waals surface area contributed by atoms with Crippen LogP contribution in [0.2, 0.25) is 0 Å². The molecule has 0 saturated heterocycles. The van der Waals surface area contributed by atoms with Crippen LogP contribution in [-0.2, 0) is 14.3 Å². The van der Waals surface area contributed by atoms with Crippen LogP contribution in [0.5, 0.6) is 0 Å². The minimum atomic E-state index is -1.02. The Morgan fingerprint density at radius 2 is 2.29 bits per heavy atom. The zero-order valence-corrected chi connectivity index (χ0v) is 8.32. The van der Waals surface area contributed by atoms with Crippen molar-refractivity contribution in [3.8, 4) is 0 Å². The maximum atomic E-state index is 11.4. The molecule has 14 heavy (non-hydrogen) atoms. The van der Waals surface area contributed by atoms with Crippen LogP contribution in [0.1, 0.15) is 20.3 Å². The summed E-state index contributed by atoms with van der Waals surface area (Å²) in [6, 6.07) is -0.828. The number of hydrogen-bond acceptors (Lipinski definition) is 3. The van der Waals surface area contributed by atoms with Crippen LogP contribution in [-0.4, -0.2) is 35.7 Å². The number of nitrogens with one attached hydrogen (secondary N) is 1. The molecule has 5 heteroatoms. The second-order valence-electron chi connectivity index (χ2n) is 3.40. The molecule has 0 aliphatic heterocycles. The fraction of sp³-hybridized carbons (Fsp3) is 0.778. The van der Waals surface area contributed by atoms with Crippen molar-refractivity contribution < 1.29 is 19.4 Å². The number of carboxylic acids is 1. The molecule has 0 heterocycles. The predicted octanol–water partition coefficient (Wildman–Crippen LogP) is 0.000700. The maximum absolute atomic E-state index is 11.4. The van der Waals surface area contributed by atoms with Crippen LogP contribution in [0.25, 0.3) is 0 Å². The molecule has 80 valence electrons. The van der Waals surface area contributed by atoms with Gasteiger partial charge in [0, 0.05) is 6.61 Å². The normalized spacial score (nSPS) is 26.7. The molecule has 2 N–H and O–H groups in total. The summed E-state index contributed by atoms with van der Waals surface area (Å²) in [6.45, 7) is 3.90. The van der Waals surface area contributed by atoms with Gasteiger partial charge in [0.15, 0.2) is 0 Å². The van der Waals surface area contributed by atoms with Crippen molar-refractivity contribution in [2.45, 2.75) is 32.4 Å². The van der Waals surface area contributed by atoms with Gasteiger partial charge in [-0.15, -0.1) is 0 Å². The molecular weight excluding hydrogens is 186 g/mol. The monoisotopic (exact) mass is 201 g/mol. The van der Waals surface area contributed by atoms with Gasteiger partial charge in [-0.1, -0.05) is 0 Å². The predicted molar refractivity (Wildman–Crippen MR) is 48.8 cm³/mol. The number of carbonyl (C=O) groups is 2. The zero-order chi connectivity index (χ0) is 10.7. The number of aliphatic carboxylic acids is 1. The van der Waals surface area contributed by atoms with Crippen LogP contribution >= 0.6 is 0 Å². The zero-order valence-electron chi connectivity index (χ0n) is 8.32. The van der Waals surface area contributed by atoms with Crippen molar-refractivity contribution in [2.24, 2.45) is 5.92 Å². The average Bonchev–Trinajstić information content (AvgIpc) is 2.84. The lowest BCUT2D eigenvalue weighted by Gasteiger charge is -2.08. The van der Waals surface area contributed by atoms with Gasteiger partial charge in [-0.25, -0.2) is 0 Å². The number of rotatable bonds is 5. The van der Waals surface area contributed by atoms with E-state index >= 15 is 0 Å². The Morgan fingerprint density at radius 3 is 2.79 bits per heavy atom. The molecular formula is C9H15NO4. The molecule has 5 nitrogen and oxygen atoms in total. The van der Waals surface area contributed by atoms with Crippen LogP contribution in [0.4, 0.5) is 0 Å². The number of carbonyl (C=O) groups excluding carboxylic acids is 1. The Hall–Kier alpha value is -1.10. The number of carboxylic acid groups (broad SMARTS) is 1. The van der Waals surface area contributed by atoms with Crippen LogP contribution in [0.15, 0.2) is 0 Å².